The molecule has 0 radical (unpaired) electrons. The number of hydrogen-bond donors (Lipinski definition) is 0. The number of ether oxygens (including phenoxy) is 5. The Labute approximate surface area is 193 Å². The molecule has 3 aromatic rings. The van der Waals surface area contributed by atoms with E-state index < -0.39 is 0 Å². The van der Waals surface area contributed by atoms with Crippen molar-refractivity contribution in [1.29, 1.82) is 0 Å². The summed E-state index contributed by atoms with van der Waals surface area (Å²) >= 11 is 0. The van der Waals surface area contributed by atoms with Gasteiger partial charge in [-0.2, -0.15) is 0 Å². The minimum absolute atomic E-state index is 0.275. The molecule has 172 valence electrons. The molecule has 0 N–H and O–H groups in total. The van der Waals surface area contributed by atoms with Gasteiger partial charge in [-0.3, -0.25) is 0 Å². The molecule has 1 aliphatic carbocycles. The SMILES string of the molecule is COCCC1COc2cc(OC3CCc4c(Oc5cccc(OC)c5)ccc(F)c43)ccc21. The lowest BCUT2D eigenvalue weighted by Gasteiger charge is -2.17. The molecule has 1 aliphatic heterocycles. The van der Waals surface area contributed by atoms with Gasteiger partial charge in [-0.15, -0.1) is 0 Å². The van der Waals surface area contributed by atoms with Crippen molar-refractivity contribution in [1.82, 2.24) is 0 Å². The molecule has 6 heteroatoms. The number of benzene rings is 3. The van der Waals surface area contributed by atoms with Crippen molar-refractivity contribution in [3.8, 4) is 28.7 Å². The van der Waals surface area contributed by atoms with Crippen molar-refractivity contribution in [3.63, 3.8) is 0 Å². The fraction of sp³-hybridized carbons (Fsp3) is 0.333. The van der Waals surface area contributed by atoms with Crippen molar-refractivity contribution in [2.75, 3.05) is 27.4 Å². The molecule has 0 saturated carbocycles. The molecule has 0 spiro atoms. The molecule has 1 heterocycles. The zero-order valence-corrected chi connectivity index (χ0v) is 18.8. The molecule has 33 heavy (non-hydrogen) atoms. The Morgan fingerprint density at radius 2 is 1.88 bits per heavy atom. The molecule has 0 saturated heterocycles. The average molecular weight is 451 g/mol. The summed E-state index contributed by atoms with van der Waals surface area (Å²) < 4.78 is 43.6. The molecule has 2 aliphatic rings. The molecular formula is C27H27FO5. The maximum Gasteiger partial charge on any atom is 0.131 e. The van der Waals surface area contributed by atoms with Crippen LogP contribution in [0.4, 0.5) is 4.39 Å². The first-order valence-electron chi connectivity index (χ1n) is 11.2. The maximum absolute atomic E-state index is 14.9. The van der Waals surface area contributed by atoms with E-state index in [1.807, 2.05) is 42.5 Å². The number of rotatable bonds is 8. The number of halogens is 1. The monoisotopic (exact) mass is 450 g/mol. The standard InChI is InChI=1S/C27H27FO5/c1-29-13-12-17-16-31-26-15-20(6-7-21(17)26)33-25-10-8-22-24(11-9-23(28)27(22)25)32-19-5-3-4-18(14-19)30-2/h3-7,9,11,14-15,17,25H,8,10,12-13,16H2,1-2H3. The topological polar surface area (TPSA) is 46.2 Å². The van der Waals surface area contributed by atoms with Crippen LogP contribution in [-0.2, 0) is 11.2 Å². The lowest BCUT2D eigenvalue weighted by molar-refractivity contribution is 0.181. The zero-order chi connectivity index (χ0) is 22.8. The molecule has 0 bridgehead atoms. The Kier molecular flexibility index (Phi) is 6.09. The highest BCUT2D eigenvalue weighted by Crippen LogP contribution is 2.44. The molecule has 2 unspecified atom stereocenters. The van der Waals surface area contributed by atoms with Gasteiger partial charge >= 0.3 is 0 Å². The summed E-state index contributed by atoms with van der Waals surface area (Å²) in [7, 11) is 3.32. The van der Waals surface area contributed by atoms with E-state index in [-0.39, 0.29) is 11.9 Å². The minimum atomic E-state index is -0.377. The van der Waals surface area contributed by atoms with Gasteiger partial charge in [-0.05, 0) is 49.6 Å². The predicted octanol–water partition coefficient (Wildman–Crippen LogP) is 6.21. The van der Waals surface area contributed by atoms with Crippen molar-refractivity contribution < 1.29 is 28.1 Å². The highest BCUT2D eigenvalue weighted by atomic mass is 19.1. The van der Waals surface area contributed by atoms with Crippen LogP contribution in [0.2, 0.25) is 0 Å². The van der Waals surface area contributed by atoms with Crippen LogP contribution < -0.4 is 18.9 Å². The first-order chi connectivity index (χ1) is 16.2. The molecular weight excluding hydrogens is 423 g/mol. The second-order valence-electron chi connectivity index (χ2n) is 8.35. The third-order valence-electron chi connectivity index (χ3n) is 6.32. The van der Waals surface area contributed by atoms with E-state index in [4.69, 9.17) is 23.7 Å². The fourth-order valence-electron chi connectivity index (χ4n) is 4.64. The van der Waals surface area contributed by atoms with E-state index >= 15 is 0 Å². The zero-order valence-electron chi connectivity index (χ0n) is 18.8. The van der Waals surface area contributed by atoms with Gasteiger partial charge in [0, 0.05) is 48.5 Å². The highest BCUT2D eigenvalue weighted by molar-refractivity contribution is 5.49. The van der Waals surface area contributed by atoms with Crippen LogP contribution in [0, 0.1) is 5.82 Å². The van der Waals surface area contributed by atoms with Gasteiger partial charge in [0.2, 0.25) is 0 Å². The second-order valence-corrected chi connectivity index (χ2v) is 8.35. The second kappa shape index (κ2) is 9.32. The van der Waals surface area contributed by atoms with Gasteiger partial charge in [-0.25, -0.2) is 4.39 Å². The third-order valence-corrected chi connectivity index (χ3v) is 6.32. The van der Waals surface area contributed by atoms with Crippen LogP contribution in [0.1, 0.15) is 41.6 Å². The van der Waals surface area contributed by atoms with E-state index in [0.717, 1.165) is 17.7 Å². The van der Waals surface area contributed by atoms with Gasteiger partial charge in [0.15, 0.2) is 0 Å². The minimum Gasteiger partial charge on any atom is -0.497 e. The quantitative estimate of drug-likeness (QED) is 0.409. The summed E-state index contributed by atoms with van der Waals surface area (Å²) in [5.41, 5.74) is 2.58. The van der Waals surface area contributed by atoms with Crippen molar-refractivity contribution in [2.45, 2.75) is 31.3 Å². The largest absolute Gasteiger partial charge is 0.497 e. The van der Waals surface area contributed by atoms with E-state index in [1.165, 1.54) is 11.6 Å². The number of hydrogen-bond acceptors (Lipinski definition) is 5. The summed E-state index contributed by atoms with van der Waals surface area (Å²) in [5.74, 6) is 3.56. The molecule has 0 fully saturated rings. The molecule has 5 nitrogen and oxygen atoms in total. The maximum atomic E-state index is 14.9. The van der Waals surface area contributed by atoms with Crippen molar-refractivity contribution in [2.24, 2.45) is 0 Å². The summed E-state index contributed by atoms with van der Waals surface area (Å²) in [6, 6.07) is 16.4. The van der Waals surface area contributed by atoms with Crippen LogP contribution in [-0.4, -0.2) is 27.4 Å². The first-order valence-corrected chi connectivity index (χ1v) is 11.2. The van der Waals surface area contributed by atoms with Gasteiger partial charge in [-0.1, -0.05) is 12.1 Å². The summed E-state index contributed by atoms with van der Waals surface area (Å²) in [5, 5.41) is 0. The summed E-state index contributed by atoms with van der Waals surface area (Å²) in [6.07, 6.45) is 1.90. The summed E-state index contributed by atoms with van der Waals surface area (Å²) in [4.78, 5) is 0. The van der Waals surface area contributed by atoms with Crippen LogP contribution >= 0.6 is 0 Å². The van der Waals surface area contributed by atoms with Gasteiger partial charge in [0.1, 0.15) is 40.7 Å². The van der Waals surface area contributed by atoms with Crippen LogP contribution in [0.5, 0.6) is 28.7 Å². The molecule has 5 rings (SSSR count). The lowest BCUT2D eigenvalue weighted by atomic mass is 9.98. The lowest BCUT2D eigenvalue weighted by Crippen LogP contribution is -2.06. The Morgan fingerprint density at radius 1 is 1.00 bits per heavy atom. The number of fused-ring (bicyclic) bond motifs is 2. The first kappa shape index (κ1) is 21.6. The Morgan fingerprint density at radius 3 is 2.73 bits per heavy atom. The molecule has 0 amide bonds. The van der Waals surface area contributed by atoms with Gasteiger partial charge in [0.25, 0.3) is 0 Å². The van der Waals surface area contributed by atoms with Crippen LogP contribution in [0.25, 0.3) is 0 Å². The van der Waals surface area contributed by atoms with E-state index in [1.54, 1.807) is 20.3 Å². The summed E-state index contributed by atoms with van der Waals surface area (Å²) in [6.45, 7) is 1.35. The van der Waals surface area contributed by atoms with E-state index in [2.05, 4.69) is 0 Å². The van der Waals surface area contributed by atoms with Crippen molar-refractivity contribution >= 4 is 0 Å². The van der Waals surface area contributed by atoms with Crippen molar-refractivity contribution in [3.05, 3.63) is 77.1 Å². The molecule has 2 atom stereocenters. The predicted molar refractivity (Wildman–Crippen MR) is 122 cm³/mol. The molecule has 3 aromatic carbocycles. The fourth-order valence-corrected chi connectivity index (χ4v) is 4.64. The van der Waals surface area contributed by atoms with Gasteiger partial charge < -0.3 is 23.7 Å². The van der Waals surface area contributed by atoms with Crippen LogP contribution in [0.3, 0.4) is 0 Å². The average Bonchev–Trinajstić information content (AvgIpc) is 3.44. The number of methoxy groups -OCH3 is 2. The van der Waals surface area contributed by atoms with Gasteiger partial charge in [0.05, 0.1) is 13.7 Å². The third kappa shape index (κ3) is 4.35. The van der Waals surface area contributed by atoms with E-state index in [0.29, 0.717) is 60.5 Å². The smallest absolute Gasteiger partial charge is 0.131 e. The highest BCUT2D eigenvalue weighted by Gasteiger charge is 2.31. The molecule has 0 aromatic heterocycles. The van der Waals surface area contributed by atoms with Crippen LogP contribution in [0.15, 0.2) is 54.6 Å². The normalized spacial score (nSPS) is 18.4. The van der Waals surface area contributed by atoms with E-state index in [9.17, 15) is 4.39 Å². The Hall–Kier alpha value is -3.25. The Bertz CT molecular complexity index is 1150. The Balaban J connectivity index is 1.35.